The highest BCUT2D eigenvalue weighted by Crippen LogP contribution is 2.38. The molecule has 1 aromatic carbocycles. The average Bonchev–Trinajstić information content (AvgIpc) is 3.11. The molecule has 0 aromatic heterocycles. The van der Waals surface area contributed by atoms with Crippen LogP contribution in [0.4, 0.5) is 9.59 Å². The van der Waals surface area contributed by atoms with E-state index in [2.05, 4.69) is 5.32 Å². The molecule has 1 saturated heterocycles. The van der Waals surface area contributed by atoms with E-state index in [1.165, 1.54) is 0 Å². The monoisotopic (exact) mass is 360 g/mol. The van der Waals surface area contributed by atoms with Crippen LogP contribution in [-0.2, 0) is 16.1 Å². The van der Waals surface area contributed by atoms with Gasteiger partial charge in [0.1, 0.15) is 12.2 Å². The maximum Gasteiger partial charge on any atom is 0.410 e. The van der Waals surface area contributed by atoms with E-state index in [0.29, 0.717) is 24.9 Å². The highest BCUT2D eigenvalue weighted by molar-refractivity contribution is 5.69. The Hall–Kier alpha value is -2.24. The number of alkyl carbamates (subject to hydrolysis) is 1. The molecule has 2 fully saturated rings. The Morgan fingerprint density at radius 3 is 2.31 bits per heavy atom. The molecule has 0 bridgehead atoms. The number of carbonyl (C=O) groups excluding carboxylic acids is 2. The van der Waals surface area contributed by atoms with Crippen molar-refractivity contribution in [3.63, 3.8) is 0 Å². The average molecular weight is 360 g/mol. The van der Waals surface area contributed by atoms with Crippen molar-refractivity contribution in [1.82, 2.24) is 10.2 Å². The summed E-state index contributed by atoms with van der Waals surface area (Å²) in [4.78, 5) is 26.0. The van der Waals surface area contributed by atoms with Gasteiger partial charge in [-0.05, 0) is 51.0 Å². The molecule has 1 aliphatic carbocycles. The SMILES string of the molecule is CC(C)(C)OC(=O)N1C[C@H]2CC(NC(=O)OCc3ccccc3)C[C@H]2C1. The van der Waals surface area contributed by atoms with Gasteiger partial charge in [-0.2, -0.15) is 0 Å². The molecule has 2 amide bonds. The van der Waals surface area contributed by atoms with Gasteiger partial charge in [-0.15, -0.1) is 0 Å². The Morgan fingerprint density at radius 2 is 1.73 bits per heavy atom. The molecule has 1 aromatic rings. The number of rotatable bonds is 3. The van der Waals surface area contributed by atoms with Crippen molar-refractivity contribution in [2.75, 3.05) is 13.1 Å². The fourth-order valence-electron chi connectivity index (χ4n) is 3.82. The molecule has 1 aliphatic heterocycles. The largest absolute Gasteiger partial charge is 0.445 e. The maximum atomic E-state index is 12.2. The van der Waals surface area contributed by atoms with E-state index in [0.717, 1.165) is 18.4 Å². The van der Waals surface area contributed by atoms with Crippen molar-refractivity contribution in [3.05, 3.63) is 35.9 Å². The lowest BCUT2D eigenvalue weighted by atomic mass is 10.0. The van der Waals surface area contributed by atoms with E-state index >= 15 is 0 Å². The Labute approximate surface area is 154 Å². The summed E-state index contributed by atoms with van der Waals surface area (Å²) in [7, 11) is 0. The minimum Gasteiger partial charge on any atom is -0.445 e. The summed E-state index contributed by atoms with van der Waals surface area (Å²) in [5, 5.41) is 2.96. The smallest absolute Gasteiger partial charge is 0.410 e. The third-order valence-electron chi connectivity index (χ3n) is 4.94. The zero-order chi connectivity index (χ0) is 18.7. The molecule has 0 radical (unpaired) electrons. The van der Waals surface area contributed by atoms with E-state index in [1.54, 1.807) is 4.90 Å². The van der Waals surface area contributed by atoms with E-state index in [-0.39, 0.29) is 24.8 Å². The van der Waals surface area contributed by atoms with Crippen LogP contribution in [0.15, 0.2) is 30.3 Å². The van der Waals surface area contributed by atoms with Crippen LogP contribution in [-0.4, -0.2) is 41.8 Å². The fourth-order valence-corrected chi connectivity index (χ4v) is 3.82. The predicted molar refractivity (Wildman–Crippen MR) is 97.6 cm³/mol. The minimum atomic E-state index is -0.471. The molecule has 6 heteroatoms. The van der Waals surface area contributed by atoms with Gasteiger partial charge in [0.15, 0.2) is 0 Å². The fraction of sp³-hybridized carbons (Fsp3) is 0.600. The van der Waals surface area contributed by atoms with E-state index in [1.807, 2.05) is 51.1 Å². The summed E-state index contributed by atoms with van der Waals surface area (Å²) in [5.41, 5.74) is 0.500. The molecular formula is C20H28N2O4. The quantitative estimate of drug-likeness (QED) is 0.895. The molecule has 3 atom stereocenters. The highest BCUT2D eigenvalue weighted by Gasteiger charge is 2.43. The minimum absolute atomic E-state index is 0.119. The summed E-state index contributed by atoms with van der Waals surface area (Å²) >= 11 is 0. The summed E-state index contributed by atoms with van der Waals surface area (Å²) < 4.78 is 10.7. The lowest BCUT2D eigenvalue weighted by Crippen LogP contribution is -2.38. The maximum absolute atomic E-state index is 12.2. The molecule has 1 heterocycles. The van der Waals surface area contributed by atoms with Crippen molar-refractivity contribution in [3.8, 4) is 0 Å². The van der Waals surface area contributed by atoms with Crippen molar-refractivity contribution in [1.29, 1.82) is 0 Å². The number of fused-ring (bicyclic) bond motifs is 1. The predicted octanol–water partition coefficient (Wildman–Crippen LogP) is 3.56. The molecule has 6 nitrogen and oxygen atoms in total. The van der Waals surface area contributed by atoms with Gasteiger partial charge in [0, 0.05) is 19.1 Å². The summed E-state index contributed by atoms with van der Waals surface area (Å²) in [5.74, 6) is 0.837. The van der Waals surface area contributed by atoms with Crippen molar-refractivity contribution < 1.29 is 19.1 Å². The number of likely N-dealkylation sites (tertiary alicyclic amines) is 1. The normalized spacial score (nSPS) is 24.9. The van der Waals surface area contributed by atoms with Crippen LogP contribution < -0.4 is 5.32 Å². The van der Waals surface area contributed by atoms with E-state index < -0.39 is 5.60 Å². The van der Waals surface area contributed by atoms with Gasteiger partial charge in [-0.1, -0.05) is 30.3 Å². The van der Waals surface area contributed by atoms with Gasteiger partial charge in [-0.25, -0.2) is 9.59 Å². The van der Waals surface area contributed by atoms with Gasteiger partial charge in [-0.3, -0.25) is 0 Å². The number of hydrogen-bond acceptors (Lipinski definition) is 4. The third kappa shape index (κ3) is 4.90. The topological polar surface area (TPSA) is 67.9 Å². The molecule has 26 heavy (non-hydrogen) atoms. The lowest BCUT2D eigenvalue weighted by Gasteiger charge is -2.25. The van der Waals surface area contributed by atoms with Crippen LogP contribution in [0.2, 0.25) is 0 Å². The van der Waals surface area contributed by atoms with Crippen LogP contribution in [0, 0.1) is 11.8 Å². The van der Waals surface area contributed by atoms with Gasteiger partial charge < -0.3 is 19.7 Å². The second-order valence-corrected chi connectivity index (χ2v) is 8.28. The Balaban J connectivity index is 1.40. The van der Waals surface area contributed by atoms with E-state index in [4.69, 9.17) is 9.47 Å². The number of nitrogens with zero attached hydrogens (tertiary/aromatic N) is 1. The first-order chi connectivity index (χ1) is 12.3. The number of benzene rings is 1. The first-order valence-corrected chi connectivity index (χ1v) is 9.25. The molecule has 1 N–H and O–H groups in total. The summed E-state index contributed by atoms with van der Waals surface area (Å²) in [6, 6.07) is 9.75. The van der Waals surface area contributed by atoms with Crippen LogP contribution in [0.1, 0.15) is 39.2 Å². The molecule has 3 rings (SSSR count). The number of nitrogens with one attached hydrogen (secondary N) is 1. The molecule has 2 aliphatic rings. The number of ether oxygens (including phenoxy) is 2. The van der Waals surface area contributed by atoms with Crippen LogP contribution in [0.25, 0.3) is 0 Å². The molecule has 142 valence electrons. The lowest BCUT2D eigenvalue weighted by molar-refractivity contribution is 0.0278. The molecular weight excluding hydrogens is 332 g/mol. The first kappa shape index (κ1) is 18.5. The first-order valence-electron chi connectivity index (χ1n) is 9.25. The molecule has 1 saturated carbocycles. The van der Waals surface area contributed by atoms with Crippen LogP contribution in [0.3, 0.4) is 0 Å². The van der Waals surface area contributed by atoms with Gasteiger partial charge in [0.05, 0.1) is 0 Å². The molecule has 0 spiro atoms. The Bertz CT molecular complexity index is 627. The van der Waals surface area contributed by atoms with Crippen molar-refractivity contribution in [2.24, 2.45) is 11.8 Å². The van der Waals surface area contributed by atoms with Crippen molar-refractivity contribution >= 4 is 12.2 Å². The Morgan fingerprint density at radius 1 is 1.12 bits per heavy atom. The number of hydrogen-bond donors (Lipinski definition) is 1. The van der Waals surface area contributed by atoms with Gasteiger partial charge in [0.25, 0.3) is 0 Å². The van der Waals surface area contributed by atoms with Crippen LogP contribution in [0.5, 0.6) is 0 Å². The number of carbonyl (C=O) groups is 2. The van der Waals surface area contributed by atoms with E-state index in [9.17, 15) is 9.59 Å². The standard InChI is InChI=1S/C20H28N2O4/c1-20(2,3)26-19(24)22-11-15-9-17(10-16(15)12-22)21-18(23)25-13-14-7-5-4-6-8-14/h4-8,15-17H,9-13H2,1-3H3,(H,21,23)/t15-,16+,17?. The summed E-state index contributed by atoms with van der Waals surface area (Å²) in [6.45, 7) is 7.32. The highest BCUT2D eigenvalue weighted by atomic mass is 16.6. The second-order valence-electron chi connectivity index (χ2n) is 8.28. The van der Waals surface area contributed by atoms with Gasteiger partial charge in [0.2, 0.25) is 0 Å². The number of amides is 2. The molecule has 1 unspecified atom stereocenters. The summed E-state index contributed by atoms with van der Waals surface area (Å²) in [6.07, 6.45) is 1.15. The zero-order valence-corrected chi connectivity index (χ0v) is 15.7. The second kappa shape index (κ2) is 7.56. The zero-order valence-electron chi connectivity index (χ0n) is 15.7. The third-order valence-corrected chi connectivity index (χ3v) is 4.94. The van der Waals surface area contributed by atoms with Crippen LogP contribution >= 0.6 is 0 Å². The van der Waals surface area contributed by atoms with Crippen molar-refractivity contribution in [2.45, 2.75) is 51.9 Å². The Kier molecular flexibility index (Phi) is 5.39. The van der Waals surface area contributed by atoms with Gasteiger partial charge >= 0.3 is 12.2 Å².